The summed E-state index contributed by atoms with van der Waals surface area (Å²) in [6, 6.07) is 3.11. The molecule has 6 heteroatoms. The minimum Gasteiger partial charge on any atom is -0.203 e. The first-order chi connectivity index (χ1) is 14.3. The highest BCUT2D eigenvalue weighted by molar-refractivity contribution is 5.79. The van der Waals surface area contributed by atoms with Gasteiger partial charge in [0.05, 0.1) is 0 Å². The molecule has 0 amide bonds. The van der Waals surface area contributed by atoms with E-state index in [0.29, 0.717) is 49.7 Å². The molecule has 2 aromatic carbocycles. The Morgan fingerprint density at radius 3 is 2.07 bits per heavy atom. The highest BCUT2D eigenvalue weighted by Crippen LogP contribution is 2.46. The number of aryl methyl sites for hydroxylation is 1. The fourth-order valence-electron chi connectivity index (χ4n) is 4.99. The maximum Gasteiger partial charge on any atom is 0.266 e. The Kier molecular flexibility index (Phi) is 5.69. The fourth-order valence-corrected chi connectivity index (χ4v) is 4.99. The first kappa shape index (κ1) is 21.0. The van der Waals surface area contributed by atoms with Crippen LogP contribution >= 0.6 is 0 Å². The molecule has 30 heavy (non-hydrogen) atoms. The highest BCUT2D eigenvalue weighted by atomic mass is 19.3. The lowest BCUT2D eigenvalue weighted by Gasteiger charge is -2.27. The van der Waals surface area contributed by atoms with Crippen LogP contribution in [-0.2, 0) is 12.8 Å². The number of hydrogen-bond donors (Lipinski definition) is 0. The molecule has 0 spiro atoms. The summed E-state index contributed by atoms with van der Waals surface area (Å²) in [6.07, 6.45) is 2.32. The molecule has 2 aromatic rings. The molecule has 0 saturated heterocycles. The molecule has 0 atom stereocenters. The monoisotopic (exact) mass is 424 g/mol. The van der Waals surface area contributed by atoms with Crippen LogP contribution in [0.25, 0.3) is 11.1 Å². The van der Waals surface area contributed by atoms with Gasteiger partial charge in [0.15, 0.2) is 23.3 Å². The highest BCUT2D eigenvalue weighted by Gasteiger charge is 2.34. The number of hydrogen-bond acceptors (Lipinski definition) is 0. The van der Waals surface area contributed by atoms with Gasteiger partial charge in [0.25, 0.3) is 6.08 Å². The van der Waals surface area contributed by atoms with Gasteiger partial charge in [-0.05, 0) is 78.7 Å². The Labute approximate surface area is 171 Å². The molecule has 1 fully saturated rings. The molecule has 0 nitrogen and oxygen atoms in total. The molecular weight excluding hydrogens is 402 g/mol. The Morgan fingerprint density at radius 1 is 0.867 bits per heavy atom. The van der Waals surface area contributed by atoms with E-state index in [1.807, 2.05) is 6.92 Å². The maximum absolute atomic E-state index is 15.0. The summed E-state index contributed by atoms with van der Waals surface area (Å²) < 4.78 is 84.1. The second kappa shape index (κ2) is 8.12. The minimum absolute atomic E-state index is 0.183. The Hall–Kier alpha value is -2.24. The van der Waals surface area contributed by atoms with Crippen molar-refractivity contribution in [2.75, 3.05) is 0 Å². The molecule has 0 radical (unpaired) electrons. The number of benzene rings is 2. The Morgan fingerprint density at radius 2 is 1.47 bits per heavy atom. The average Bonchev–Trinajstić information content (AvgIpc) is 3.07. The number of halogens is 6. The summed E-state index contributed by atoms with van der Waals surface area (Å²) in [5.74, 6) is -4.86. The van der Waals surface area contributed by atoms with Gasteiger partial charge in [-0.15, -0.1) is 0 Å². The van der Waals surface area contributed by atoms with Gasteiger partial charge in [-0.3, -0.25) is 0 Å². The van der Waals surface area contributed by atoms with Crippen LogP contribution in [0.5, 0.6) is 0 Å². The molecular formula is C24H22F6. The van der Waals surface area contributed by atoms with E-state index < -0.39 is 29.3 Å². The van der Waals surface area contributed by atoms with Crippen LogP contribution in [0.15, 0.2) is 24.3 Å². The quantitative estimate of drug-likeness (QED) is 0.375. The third-order valence-corrected chi connectivity index (χ3v) is 6.40. The molecule has 0 bridgehead atoms. The third-order valence-electron chi connectivity index (χ3n) is 6.40. The van der Waals surface area contributed by atoms with Crippen LogP contribution in [0.3, 0.4) is 0 Å². The van der Waals surface area contributed by atoms with Crippen molar-refractivity contribution in [1.82, 2.24) is 0 Å². The second-order valence-electron chi connectivity index (χ2n) is 8.32. The van der Waals surface area contributed by atoms with E-state index in [1.54, 1.807) is 12.1 Å². The fraction of sp³-hybridized carbons (Fsp3) is 0.417. The van der Waals surface area contributed by atoms with Crippen LogP contribution < -0.4 is 0 Å². The molecule has 0 aliphatic heterocycles. The molecule has 0 aromatic heterocycles. The predicted octanol–water partition coefficient (Wildman–Crippen LogP) is 7.82. The lowest BCUT2D eigenvalue weighted by Crippen LogP contribution is -2.14. The third kappa shape index (κ3) is 3.54. The van der Waals surface area contributed by atoms with Crippen LogP contribution in [0, 0.1) is 29.2 Å². The van der Waals surface area contributed by atoms with Gasteiger partial charge in [0, 0.05) is 11.1 Å². The van der Waals surface area contributed by atoms with E-state index in [0.717, 1.165) is 6.08 Å². The van der Waals surface area contributed by atoms with Crippen molar-refractivity contribution in [2.24, 2.45) is 5.92 Å². The van der Waals surface area contributed by atoms with Crippen molar-refractivity contribution in [3.05, 3.63) is 69.8 Å². The van der Waals surface area contributed by atoms with Crippen molar-refractivity contribution >= 4 is 0 Å². The maximum atomic E-state index is 15.0. The molecule has 2 aliphatic carbocycles. The van der Waals surface area contributed by atoms with Crippen LogP contribution in [-0.4, -0.2) is 0 Å². The van der Waals surface area contributed by atoms with Gasteiger partial charge in [-0.1, -0.05) is 25.5 Å². The van der Waals surface area contributed by atoms with Gasteiger partial charge in [-0.2, -0.15) is 8.78 Å². The topological polar surface area (TPSA) is 0 Å². The zero-order valence-corrected chi connectivity index (χ0v) is 16.6. The summed E-state index contributed by atoms with van der Waals surface area (Å²) >= 11 is 0. The number of rotatable bonds is 4. The molecule has 0 unspecified atom stereocenters. The van der Waals surface area contributed by atoms with Gasteiger partial charge >= 0.3 is 0 Å². The largest absolute Gasteiger partial charge is 0.266 e. The Balaban J connectivity index is 1.70. The van der Waals surface area contributed by atoms with E-state index in [1.165, 1.54) is 0 Å². The molecule has 1 saturated carbocycles. The average molecular weight is 424 g/mol. The van der Waals surface area contributed by atoms with Crippen molar-refractivity contribution in [1.29, 1.82) is 0 Å². The smallest absolute Gasteiger partial charge is 0.203 e. The minimum atomic E-state index is -1.72. The SMILES string of the molecule is CCCc1cc2c(c(F)c1F)-c1c(cc(C3CCC(C=C(F)F)CC3)c(F)c1F)C2. The number of fused-ring (bicyclic) bond motifs is 3. The zero-order valence-electron chi connectivity index (χ0n) is 16.6. The van der Waals surface area contributed by atoms with Crippen molar-refractivity contribution < 1.29 is 26.3 Å². The molecule has 4 rings (SSSR count). The van der Waals surface area contributed by atoms with E-state index in [2.05, 4.69) is 0 Å². The summed E-state index contributed by atoms with van der Waals surface area (Å²) in [7, 11) is 0. The van der Waals surface area contributed by atoms with Crippen molar-refractivity contribution in [2.45, 2.75) is 57.8 Å². The summed E-state index contributed by atoms with van der Waals surface area (Å²) in [4.78, 5) is 0. The van der Waals surface area contributed by atoms with Gasteiger partial charge in [0.1, 0.15) is 0 Å². The summed E-state index contributed by atoms with van der Waals surface area (Å²) in [5, 5.41) is 0. The van der Waals surface area contributed by atoms with Gasteiger partial charge in [0.2, 0.25) is 0 Å². The predicted molar refractivity (Wildman–Crippen MR) is 104 cm³/mol. The van der Waals surface area contributed by atoms with Crippen molar-refractivity contribution in [3.63, 3.8) is 0 Å². The van der Waals surface area contributed by atoms with Gasteiger partial charge < -0.3 is 0 Å². The first-order valence-corrected chi connectivity index (χ1v) is 10.4. The number of allylic oxidation sites excluding steroid dienone is 1. The van der Waals surface area contributed by atoms with E-state index in [-0.39, 0.29) is 40.5 Å². The van der Waals surface area contributed by atoms with Crippen molar-refractivity contribution in [3.8, 4) is 11.1 Å². The van der Waals surface area contributed by atoms with Crippen LogP contribution in [0.1, 0.15) is 67.2 Å². The normalized spacial score (nSPS) is 20.1. The lowest BCUT2D eigenvalue weighted by atomic mass is 9.78. The Bertz CT molecular complexity index is 1010. The molecule has 160 valence electrons. The van der Waals surface area contributed by atoms with Gasteiger partial charge in [-0.25, -0.2) is 17.6 Å². The molecule has 0 heterocycles. The van der Waals surface area contributed by atoms with Crippen LogP contribution in [0.2, 0.25) is 0 Å². The van der Waals surface area contributed by atoms with Crippen LogP contribution in [0.4, 0.5) is 26.3 Å². The molecule has 0 N–H and O–H groups in total. The second-order valence-corrected chi connectivity index (χ2v) is 8.32. The van der Waals surface area contributed by atoms with E-state index in [4.69, 9.17) is 0 Å². The summed E-state index contributed by atoms with van der Waals surface area (Å²) in [5.41, 5.74) is 0.989. The zero-order chi connectivity index (χ0) is 21.6. The van der Waals surface area contributed by atoms with E-state index in [9.17, 15) is 22.0 Å². The first-order valence-electron chi connectivity index (χ1n) is 10.4. The lowest BCUT2D eigenvalue weighted by molar-refractivity contribution is 0.344. The summed E-state index contributed by atoms with van der Waals surface area (Å²) in [6.45, 7) is 1.85. The standard InChI is InChI=1S/C24H22F6/c1-2-3-14-9-15-10-16-11-17(13-6-4-12(5-7-13)8-18(25)26)22(28)24(30)20(16)19(15)23(29)21(14)27/h8-9,11-13H,2-7,10H2,1H3. The van der Waals surface area contributed by atoms with E-state index >= 15 is 4.39 Å². The molecule has 2 aliphatic rings.